The molecule has 6 heteroatoms. The Hall–Kier alpha value is -1.59. The maximum atomic E-state index is 12.3. The van der Waals surface area contributed by atoms with Crippen molar-refractivity contribution in [1.29, 1.82) is 0 Å². The van der Waals surface area contributed by atoms with E-state index >= 15 is 0 Å². The average molecular weight is 314 g/mol. The van der Waals surface area contributed by atoms with Crippen LogP contribution in [-0.4, -0.2) is 37.7 Å². The average Bonchev–Trinajstić information content (AvgIpc) is 2.91. The standard InChI is InChI=1S/C16H26O6/c1-6-20-11(17)9-16(10-15(16,4)5)12(13(18)21-7-2)14(19)22-8-3/h12H,6-10H2,1-5H3. The molecule has 1 aliphatic carbocycles. The number of carbonyl (C=O) groups is 3. The molecule has 1 saturated carbocycles. The van der Waals surface area contributed by atoms with Gasteiger partial charge in [-0.2, -0.15) is 0 Å². The molecular formula is C16H26O6. The maximum absolute atomic E-state index is 12.3. The Morgan fingerprint density at radius 2 is 1.32 bits per heavy atom. The molecule has 1 fully saturated rings. The summed E-state index contributed by atoms with van der Waals surface area (Å²) >= 11 is 0. The van der Waals surface area contributed by atoms with Crippen LogP contribution in [-0.2, 0) is 28.6 Å². The normalized spacial score (nSPS) is 22.1. The van der Waals surface area contributed by atoms with Crippen LogP contribution in [0.25, 0.3) is 0 Å². The fourth-order valence-corrected chi connectivity index (χ4v) is 3.11. The minimum Gasteiger partial charge on any atom is -0.466 e. The van der Waals surface area contributed by atoms with Crippen molar-refractivity contribution in [2.45, 2.75) is 47.5 Å². The van der Waals surface area contributed by atoms with Crippen molar-refractivity contribution >= 4 is 17.9 Å². The monoisotopic (exact) mass is 314 g/mol. The second kappa shape index (κ2) is 7.11. The van der Waals surface area contributed by atoms with Gasteiger partial charge in [-0.3, -0.25) is 14.4 Å². The molecule has 0 heterocycles. The Morgan fingerprint density at radius 1 is 0.909 bits per heavy atom. The molecule has 0 N–H and O–H groups in total. The summed E-state index contributed by atoms with van der Waals surface area (Å²) < 4.78 is 15.1. The van der Waals surface area contributed by atoms with Crippen molar-refractivity contribution in [2.24, 2.45) is 16.7 Å². The highest BCUT2D eigenvalue weighted by molar-refractivity contribution is 5.97. The molecule has 0 bridgehead atoms. The third-order valence-electron chi connectivity index (χ3n) is 4.34. The smallest absolute Gasteiger partial charge is 0.320 e. The first kappa shape index (κ1) is 18.5. The van der Waals surface area contributed by atoms with Gasteiger partial charge in [0.1, 0.15) is 0 Å². The zero-order valence-corrected chi connectivity index (χ0v) is 14.1. The summed E-state index contributed by atoms with van der Waals surface area (Å²) in [5.74, 6) is -2.76. The largest absolute Gasteiger partial charge is 0.466 e. The van der Waals surface area contributed by atoms with Crippen molar-refractivity contribution in [1.82, 2.24) is 0 Å². The third kappa shape index (κ3) is 3.59. The molecule has 0 aromatic heterocycles. The number of esters is 3. The van der Waals surface area contributed by atoms with Gasteiger partial charge in [0.25, 0.3) is 0 Å². The lowest BCUT2D eigenvalue weighted by atomic mass is 9.79. The Morgan fingerprint density at radius 3 is 1.64 bits per heavy atom. The van der Waals surface area contributed by atoms with Crippen LogP contribution in [0.15, 0.2) is 0 Å². The summed E-state index contributed by atoms with van der Waals surface area (Å²) in [4.78, 5) is 36.5. The van der Waals surface area contributed by atoms with Gasteiger partial charge >= 0.3 is 17.9 Å². The lowest BCUT2D eigenvalue weighted by Gasteiger charge is -2.26. The van der Waals surface area contributed by atoms with Gasteiger partial charge in [-0.05, 0) is 32.6 Å². The number of carbonyl (C=O) groups excluding carboxylic acids is 3. The van der Waals surface area contributed by atoms with Crippen LogP contribution in [0.4, 0.5) is 0 Å². The molecule has 1 atom stereocenters. The molecule has 0 amide bonds. The topological polar surface area (TPSA) is 78.9 Å². The number of hydrogen-bond donors (Lipinski definition) is 0. The molecule has 22 heavy (non-hydrogen) atoms. The summed E-state index contributed by atoms with van der Waals surface area (Å²) in [7, 11) is 0. The van der Waals surface area contributed by atoms with E-state index < -0.39 is 29.2 Å². The zero-order chi connectivity index (χ0) is 17.0. The summed E-state index contributed by atoms with van der Waals surface area (Å²) in [6.07, 6.45) is 0.581. The molecule has 0 aromatic rings. The lowest BCUT2D eigenvalue weighted by molar-refractivity contribution is -0.167. The highest BCUT2D eigenvalue weighted by atomic mass is 16.6. The summed E-state index contributed by atoms with van der Waals surface area (Å²) in [5, 5.41) is 0. The number of rotatable bonds is 8. The Kier molecular flexibility index (Phi) is 5.97. The summed E-state index contributed by atoms with van der Waals surface area (Å²) in [6, 6.07) is 0. The van der Waals surface area contributed by atoms with Crippen molar-refractivity contribution in [3.05, 3.63) is 0 Å². The van der Waals surface area contributed by atoms with E-state index in [4.69, 9.17) is 14.2 Å². The van der Waals surface area contributed by atoms with Gasteiger partial charge in [0.2, 0.25) is 0 Å². The van der Waals surface area contributed by atoms with Crippen LogP contribution in [0.1, 0.15) is 47.5 Å². The van der Waals surface area contributed by atoms with Crippen LogP contribution >= 0.6 is 0 Å². The number of ether oxygens (including phenoxy) is 3. The maximum Gasteiger partial charge on any atom is 0.320 e. The van der Waals surface area contributed by atoms with Gasteiger partial charge in [-0.1, -0.05) is 13.8 Å². The molecule has 0 saturated heterocycles. The predicted octanol–water partition coefficient (Wildman–Crippen LogP) is 2.10. The van der Waals surface area contributed by atoms with E-state index in [9.17, 15) is 14.4 Å². The second-order valence-electron chi connectivity index (χ2n) is 6.14. The van der Waals surface area contributed by atoms with E-state index in [2.05, 4.69) is 0 Å². The molecule has 0 radical (unpaired) electrons. The van der Waals surface area contributed by atoms with Crippen molar-refractivity contribution < 1.29 is 28.6 Å². The van der Waals surface area contributed by atoms with Crippen molar-refractivity contribution in [3.63, 3.8) is 0 Å². The van der Waals surface area contributed by atoms with Crippen LogP contribution in [0.3, 0.4) is 0 Å². The van der Waals surface area contributed by atoms with Gasteiger partial charge < -0.3 is 14.2 Å². The van der Waals surface area contributed by atoms with E-state index in [0.29, 0.717) is 6.42 Å². The van der Waals surface area contributed by atoms with Crippen LogP contribution in [0, 0.1) is 16.7 Å². The highest BCUT2D eigenvalue weighted by Gasteiger charge is 2.70. The van der Waals surface area contributed by atoms with Gasteiger partial charge in [0.05, 0.1) is 26.2 Å². The Balaban J connectivity index is 3.08. The zero-order valence-electron chi connectivity index (χ0n) is 14.1. The van der Waals surface area contributed by atoms with Crippen molar-refractivity contribution in [2.75, 3.05) is 19.8 Å². The lowest BCUT2D eigenvalue weighted by Crippen LogP contribution is -2.39. The minimum absolute atomic E-state index is 0.0101. The van der Waals surface area contributed by atoms with E-state index in [0.717, 1.165) is 0 Å². The minimum atomic E-state index is -1.09. The first-order valence-electron chi connectivity index (χ1n) is 7.74. The Bertz CT molecular complexity index is 424. The number of hydrogen-bond acceptors (Lipinski definition) is 6. The van der Waals surface area contributed by atoms with Crippen molar-refractivity contribution in [3.8, 4) is 0 Å². The molecule has 1 rings (SSSR count). The molecule has 0 aliphatic heterocycles. The van der Waals surface area contributed by atoms with E-state index in [1.807, 2.05) is 13.8 Å². The van der Waals surface area contributed by atoms with Crippen LogP contribution in [0.2, 0.25) is 0 Å². The van der Waals surface area contributed by atoms with E-state index in [1.54, 1.807) is 20.8 Å². The first-order valence-corrected chi connectivity index (χ1v) is 7.74. The van der Waals surface area contributed by atoms with E-state index in [-0.39, 0.29) is 31.7 Å². The first-order chi connectivity index (χ1) is 10.3. The molecule has 1 aliphatic rings. The fourth-order valence-electron chi connectivity index (χ4n) is 3.11. The summed E-state index contributed by atoms with van der Waals surface area (Å²) in [6.45, 7) is 9.53. The van der Waals surface area contributed by atoms with E-state index in [1.165, 1.54) is 0 Å². The van der Waals surface area contributed by atoms with Gasteiger partial charge in [-0.15, -0.1) is 0 Å². The highest BCUT2D eigenvalue weighted by Crippen LogP contribution is 2.70. The van der Waals surface area contributed by atoms with Gasteiger partial charge in [0, 0.05) is 5.41 Å². The fraction of sp³-hybridized carbons (Fsp3) is 0.812. The van der Waals surface area contributed by atoms with Crippen LogP contribution < -0.4 is 0 Å². The molecule has 126 valence electrons. The van der Waals surface area contributed by atoms with Gasteiger partial charge in [-0.25, -0.2) is 0 Å². The predicted molar refractivity (Wildman–Crippen MR) is 78.8 cm³/mol. The SMILES string of the molecule is CCOC(=O)CC1(C(C(=O)OCC)C(=O)OCC)CC1(C)C. The quantitative estimate of drug-likeness (QED) is 0.388. The molecule has 6 nitrogen and oxygen atoms in total. The molecule has 0 spiro atoms. The summed E-state index contributed by atoms with van der Waals surface area (Å²) in [5.41, 5.74) is -1.12. The third-order valence-corrected chi connectivity index (χ3v) is 4.34. The van der Waals surface area contributed by atoms with Gasteiger partial charge in [0.15, 0.2) is 5.92 Å². The van der Waals surface area contributed by atoms with Crippen LogP contribution in [0.5, 0.6) is 0 Å². The molecule has 1 unspecified atom stereocenters. The molecular weight excluding hydrogens is 288 g/mol. The molecule has 0 aromatic carbocycles. The Labute approximate surface area is 131 Å². The second-order valence-corrected chi connectivity index (χ2v) is 6.14.